The lowest BCUT2D eigenvalue weighted by Gasteiger charge is -2.19. The molecule has 0 saturated carbocycles. The van der Waals surface area contributed by atoms with Crippen LogP contribution in [0.2, 0.25) is 5.02 Å². The second kappa shape index (κ2) is 9.41. The first-order chi connectivity index (χ1) is 13.2. The molecule has 1 atom stereocenters. The summed E-state index contributed by atoms with van der Waals surface area (Å²) in [6, 6.07) is 11.0. The van der Waals surface area contributed by atoms with Crippen LogP contribution < -0.4 is 9.46 Å². The molecular formula is C20H25ClN2O4S. The van der Waals surface area contributed by atoms with Gasteiger partial charge in [0.05, 0.1) is 12.0 Å². The third-order valence-electron chi connectivity index (χ3n) is 4.38. The van der Waals surface area contributed by atoms with E-state index < -0.39 is 10.0 Å². The number of carbonyl (C=O) groups is 1. The number of ether oxygens (including phenoxy) is 1. The number of nitrogens with one attached hydrogen (secondary N) is 1. The van der Waals surface area contributed by atoms with Crippen molar-refractivity contribution < 1.29 is 17.9 Å². The van der Waals surface area contributed by atoms with E-state index in [0.29, 0.717) is 29.3 Å². The Bertz CT molecular complexity index is 930. The zero-order chi connectivity index (χ0) is 20.9. The smallest absolute Gasteiger partial charge is 0.253 e. The summed E-state index contributed by atoms with van der Waals surface area (Å²) in [5.74, 6) is 0.405. The molecule has 152 valence electrons. The first-order valence-electron chi connectivity index (χ1n) is 8.88. The summed E-state index contributed by atoms with van der Waals surface area (Å²) in [6.45, 7) is 4.01. The summed E-state index contributed by atoms with van der Waals surface area (Å²) in [7, 11) is -0.382. The first kappa shape index (κ1) is 22.2. The second-order valence-corrected chi connectivity index (χ2v) is 8.72. The molecule has 0 radical (unpaired) electrons. The van der Waals surface area contributed by atoms with Crippen LogP contribution in [0.4, 0.5) is 0 Å². The van der Waals surface area contributed by atoms with Crippen LogP contribution in [0.1, 0.15) is 36.2 Å². The van der Waals surface area contributed by atoms with E-state index in [1.807, 2.05) is 6.92 Å². The van der Waals surface area contributed by atoms with E-state index in [-0.39, 0.29) is 16.8 Å². The van der Waals surface area contributed by atoms with Crippen LogP contribution in [-0.2, 0) is 16.6 Å². The molecule has 0 bridgehead atoms. The maximum Gasteiger partial charge on any atom is 0.253 e. The maximum atomic E-state index is 12.7. The molecule has 1 unspecified atom stereocenters. The minimum absolute atomic E-state index is 0.128. The van der Waals surface area contributed by atoms with Crippen molar-refractivity contribution in [3.05, 3.63) is 58.6 Å². The molecule has 0 aliphatic heterocycles. The average Bonchev–Trinajstić information content (AvgIpc) is 2.67. The molecule has 2 aromatic rings. The molecule has 1 N–H and O–H groups in total. The van der Waals surface area contributed by atoms with Gasteiger partial charge in [-0.05, 0) is 55.8 Å². The van der Waals surface area contributed by atoms with Gasteiger partial charge in [-0.2, -0.15) is 0 Å². The second-order valence-electron chi connectivity index (χ2n) is 6.57. The van der Waals surface area contributed by atoms with Crippen molar-refractivity contribution in [1.82, 2.24) is 9.62 Å². The first-order valence-corrected chi connectivity index (χ1v) is 10.7. The van der Waals surface area contributed by atoms with Crippen LogP contribution in [0.5, 0.6) is 5.75 Å². The third-order valence-corrected chi connectivity index (χ3v) is 6.22. The van der Waals surface area contributed by atoms with Gasteiger partial charge in [-0.3, -0.25) is 4.79 Å². The van der Waals surface area contributed by atoms with Crippen LogP contribution in [0.15, 0.2) is 47.4 Å². The lowest BCUT2D eigenvalue weighted by atomic mass is 10.1. The fourth-order valence-electron chi connectivity index (χ4n) is 2.61. The summed E-state index contributed by atoms with van der Waals surface area (Å²) in [5, 5.41) is 0.556. The Balaban J connectivity index is 2.15. The van der Waals surface area contributed by atoms with Gasteiger partial charge < -0.3 is 9.64 Å². The number of sulfonamides is 1. The van der Waals surface area contributed by atoms with Crippen molar-refractivity contribution in [3.8, 4) is 5.75 Å². The van der Waals surface area contributed by atoms with E-state index in [2.05, 4.69) is 4.72 Å². The predicted octanol–water partition coefficient (Wildman–Crippen LogP) is 3.70. The van der Waals surface area contributed by atoms with Crippen LogP contribution in [0, 0.1) is 0 Å². The lowest BCUT2D eigenvalue weighted by molar-refractivity contribution is 0.0784. The Labute approximate surface area is 171 Å². The van der Waals surface area contributed by atoms with E-state index in [9.17, 15) is 13.2 Å². The Kier molecular flexibility index (Phi) is 7.46. The summed E-state index contributed by atoms with van der Waals surface area (Å²) in [5.41, 5.74) is 1.17. The van der Waals surface area contributed by atoms with Crippen molar-refractivity contribution in [2.75, 3.05) is 14.2 Å². The van der Waals surface area contributed by atoms with Crippen LogP contribution in [-0.4, -0.2) is 39.4 Å². The topological polar surface area (TPSA) is 75.7 Å². The van der Waals surface area contributed by atoms with E-state index in [4.69, 9.17) is 16.3 Å². The average molecular weight is 425 g/mol. The van der Waals surface area contributed by atoms with Crippen molar-refractivity contribution in [1.29, 1.82) is 0 Å². The molecule has 0 fully saturated rings. The molecule has 28 heavy (non-hydrogen) atoms. The Morgan fingerprint density at radius 2 is 1.86 bits per heavy atom. The third kappa shape index (κ3) is 5.47. The number of benzene rings is 2. The van der Waals surface area contributed by atoms with E-state index >= 15 is 0 Å². The number of methoxy groups -OCH3 is 1. The lowest BCUT2D eigenvalue weighted by Crippen LogP contribution is -2.32. The number of hydrogen-bond donors (Lipinski definition) is 1. The SMILES string of the molecule is CCC(C)NS(=O)(=O)c1ccc(C(=O)N(C)Cc2cc(Cl)ccc2OC)cc1. The number of carbonyl (C=O) groups excluding carboxylic acids is 1. The highest BCUT2D eigenvalue weighted by molar-refractivity contribution is 7.89. The molecule has 0 heterocycles. The Morgan fingerprint density at radius 1 is 1.21 bits per heavy atom. The number of halogens is 1. The maximum absolute atomic E-state index is 12.7. The van der Waals surface area contributed by atoms with Gasteiger partial charge in [-0.15, -0.1) is 0 Å². The van der Waals surface area contributed by atoms with E-state index in [0.717, 1.165) is 5.56 Å². The van der Waals surface area contributed by atoms with Gasteiger partial charge in [0, 0.05) is 35.8 Å². The minimum Gasteiger partial charge on any atom is -0.496 e. The Morgan fingerprint density at radius 3 is 2.43 bits per heavy atom. The quantitative estimate of drug-likeness (QED) is 0.701. The largest absolute Gasteiger partial charge is 0.496 e. The molecule has 0 spiro atoms. The minimum atomic E-state index is -3.60. The standard InChI is InChI=1S/C20H25ClN2O4S/c1-5-14(2)22-28(25,26)18-9-6-15(7-10-18)20(24)23(3)13-16-12-17(21)8-11-19(16)27-4/h6-12,14,22H,5,13H2,1-4H3. The molecule has 0 aliphatic rings. The van der Waals surface area contributed by atoms with E-state index in [1.165, 1.54) is 29.2 Å². The number of rotatable bonds is 8. The molecule has 1 amide bonds. The number of nitrogens with zero attached hydrogens (tertiary/aromatic N) is 1. The molecule has 6 nitrogen and oxygen atoms in total. The summed E-state index contributed by atoms with van der Waals surface area (Å²) in [6.07, 6.45) is 0.688. The predicted molar refractivity (Wildman–Crippen MR) is 110 cm³/mol. The molecule has 0 saturated heterocycles. The van der Waals surface area contributed by atoms with Crippen LogP contribution in [0.25, 0.3) is 0 Å². The monoisotopic (exact) mass is 424 g/mol. The van der Waals surface area contributed by atoms with Gasteiger partial charge in [-0.1, -0.05) is 18.5 Å². The van der Waals surface area contributed by atoms with Gasteiger partial charge in [0.15, 0.2) is 0 Å². The van der Waals surface area contributed by atoms with Gasteiger partial charge in [0.1, 0.15) is 5.75 Å². The fourth-order valence-corrected chi connectivity index (χ4v) is 4.13. The molecule has 2 rings (SSSR count). The zero-order valence-electron chi connectivity index (χ0n) is 16.4. The van der Waals surface area contributed by atoms with Crippen LogP contribution >= 0.6 is 11.6 Å². The molecule has 0 aromatic heterocycles. The highest BCUT2D eigenvalue weighted by Gasteiger charge is 2.19. The molecule has 2 aromatic carbocycles. The van der Waals surface area contributed by atoms with Crippen molar-refractivity contribution >= 4 is 27.5 Å². The molecule has 8 heteroatoms. The number of hydrogen-bond acceptors (Lipinski definition) is 4. The van der Waals surface area contributed by atoms with Crippen LogP contribution in [0.3, 0.4) is 0 Å². The molecular weight excluding hydrogens is 400 g/mol. The highest BCUT2D eigenvalue weighted by atomic mass is 35.5. The van der Waals surface area contributed by atoms with Gasteiger partial charge in [0.25, 0.3) is 5.91 Å². The summed E-state index contributed by atoms with van der Waals surface area (Å²) in [4.78, 5) is 14.4. The van der Waals surface area contributed by atoms with Crippen molar-refractivity contribution in [3.63, 3.8) is 0 Å². The normalized spacial score (nSPS) is 12.5. The van der Waals surface area contributed by atoms with Gasteiger partial charge in [0.2, 0.25) is 10.0 Å². The van der Waals surface area contributed by atoms with E-state index in [1.54, 1.807) is 39.3 Å². The number of amides is 1. The van der Waals surface area contributed by atoms with Crippen molar-refractivity contribution in [2.45, 2.75) is 37.8 Å². The van der Waals surface area contributed by atoms with Gasteiger partial charge >= 0.3 is 0 Å². The summed E-state index contributed by atoms with van der Waals surface area (Å²) < 4.78 is 32.6. The fraction of sp³-hybridized carbons (Fsp3) is 0.350. The Hall–Kier alpha value is -2.09. The zero-order valence-corrected chi connectivity index (χ0v) is 18.0. The molecule has 0 aliphatic carbocycles. The highest BCUT2D eigenvalue weighted by Crippen LogP contribution is 2.24. The summed E-state index contributed by atoms with van der Waals surface area (Å²) >= 11 is 6.04. The van der Waals surface area contributed by atoms with Gasteiger partial charge in [-0.25, -0.2) is 13.1 Å². The van der Waals surface area contributed by atoms with Crippen molar-refractivity contribution in [2.24, 2.45) is 0 Å².